The van der Waals surface area contributed by atoms with Crippen molar-refractivity contribution in [1.82, 2.24) is 19.7 Å². The first-order valence-corrected chi connectivity index (χ1v) is 15.3. The predicted octanol–water partition coefficient (Wildman–Crippen LogP) is 3.96. The van der Waals surface area contributed by atoms with E-state index < -0.39 is 16.0 Å². The summed E-state index contributed by atoms with van der Waals surface area (Å²) in [6.07, 6.45) is 0. The second-order valence-electron chi connectivity index (χ2n) is 10.1. The van der Waals surface area contributed by atoms with Gasteiger partial charge in [0, 0.05) is 37.4 Å². The topological polar surface area (TPSA) is 164 Å². The van der Waals surface area contributed by atoms with Gasteiger partial charge >= 0.3 is 5.97 Å². The lowest BCUT2D eigenvalue weighted by atomic mass is 10.0. The van der Waals surface area contributed by atoms with Gasteiger partial charge in [0.15, 0.2) is 17.2 Å². The van der Waals surface area contributed by atoms with E-state index in [9.17, 15) is 23.6 Å². The fourth-order valence-electron chi connectivity index (χ4n) is 5.11. The van der Waals surface area contributed by atoms with E-state index in [1.165, 1.54) is 13.1 Å². The van der Waals surface area contributed by atoms with Crippen molar-refractivity contribution in [2.45, 2.75) is 24.8 Å². The maximum atomic E-state index is 12.1. The zero-order valence-corrected chi connectivity index (χ0v) is 25.2. The van der Waals surface area contributed by atoms with E-state index in [4.69, 9.17) is 16.6 Å². The van der Waals surface area contributed by atoms with Crippen molar-refractivity contribution in [3.8, 4) is 6.07 Å². The fourth-order valence-corrected chi connectivity index (χ4v) is 5.98. The number of anilines is 3. The molecule has 4 aromatic rings. The molecule has 0 radical (unpaired) electrons. The Hall–Kier alpha value is -4.51. The van der Waals surface area contributed by atoms with Crippen molar-refractivity contribution >= 4 is 55.8 Å². The van der Waals surface area contributed by atoms with Crippen LogP contribution >= 0.6 is 11.6 Å². The van der Waals surface area contributed by atoms with E-state index in [1.54, 1.807) is 30.3 Å². The number of rotatable bonds is 8. The number of nitrogens with zero attached hydrogens (tertiary/aromatic N) is 6. The number of aromatic nitrogens is 3. The minimum absolute atomic E-state index is 0.0787. The summed E-state index contributed by atoms with van der Waals surface area (Å²) in [5.74, 6) is -0.730. The van der Waals surface area contributed by atoms with E-state index >= 15 is 0 Å². The van der Waals surface area contributed by atoms with Gasteiger partial charge in [-0.25, -0.2) is 32.9 Å². The zero-order chi connectivity index (χ0) is 30.9. The molecule has 0 aliphatic carbocycles. The summed E-state index contributed by atoms with van der Waals surface area (Å²) in [5, 5.41) is 22.9. The zero-order valence-electron chi connectivity index (χ0n) is 23.7. The summed E-state index contributed by atoms with van der Waals surface area (Å²) in [6, 6.07) is 15.5. The van der Waals surface area contributed by atoms with Gasteiger partial charge in [-0.2, -0.15) is 5.26 Å². The Morgan fingerprint density at radius 2 is 1.72 bits per heavy atom. The molecule has 2 aromatic heterocycles. The molecule has 0 saturated carbocycles. The van der Waals surface area contributed by atoms with Crippen molar-refractivity contribution in [2.75, 3.05) is 48.3 Å². The van der Waals surface area contributed by atoms with Crippen LogP contribution in [0.1, 0.15) is 40.3 Å². The molecule has 3 heterocycles. The quantitative estimate of drug-likeness (QED) is 0.244. The summed E-state index contributed by atoms with van der Waals surface area (Å²) in [5.41, 5.74) is 4.10. The first kappa shape index (κ1) is 30.0. The number of carboxylic acid groups (broad SMARTS) is 1. The molecule has 1 atom stereocenters. The van der Waals surface area contributed by atoms with Crippen molar-refractivity contribution in [3.63, 3.8) is 0 Å². The average molecular weight is 621 g/mol. The highest BCUT2D eigenvalue weighted by Gasteiger charge is 2.25. The molecule has 1 saturated heterocycles. The largest absolute Gasteiger partial charge is 0.476 e. The number of benzene rings is 2. The predicted molar refractivity (Wildman–Crippen MR) is 164 cm³/mol. The van der Waals surface area contributed by atoms with Crippen molar-refractivity contribution in [1.29, 1.82) is 5.26 Å². The van der Waals surface area contributed by atoms with Crippen molar-refractivity contribution in [2.24, 2.45) is 0 Å². The molecule has 0 amide bonds. The maximum absolute atomic E-state index is 12.1. The third-order valence-electron chi connectivity index (χ3n) is 7.29. The van der Waals surface area contributed by atoms with Crippen LogP contribution in [-0.2, 0) is 10.0 Å². The van der Waals surface area contributed by atoms with Gasteiger partial charge in [-0.05, 0) is 68.9 Å². The number of fused-ring (bicyclic) bond motifs is 1. The van der Waals surface area contributed by atoms with Gasteiger partial charge in [0.2, 0.25) is 10.0 Å². The lowest BCUT2D eigenvalue weighted by molar-refractivity contribution is 0.0691. The molecular weight excluding hydrogens is 592 g/mol. The molecule has 0 bridgehead atoms. The molecule has 1 aliphatic heterocycles. The minimum Gasteiger partial charge on any atom is -0.476 e. The molecule has 5 rings (SSSR count). The highest BCUT2D eigenvalue weighted by Crippen LogP contribution is 2.31. The molecule has 2 aromatic carbocycles. The average Bonchev–Trinajstić information content (AvgIpc) is 3.00. The summed E-state index contributed by atoms with van der Waals surface area (Å²) in [4.78, 5) is 29.7. The number of piperazine rings is 1. The standard InChI is InChI=1S/C29H29ClN8O4S/c1-17-14-21(18(2)33-22-8-9-25(30)35-27(22)29(39)40)26-23(15-17)34-24(16-31)28(36-26)38-12-10-37(11-13-38)19-4-6-20(7-5-19)43(41,42)32-3/h4-9,14-15,18,32-33H,10-13H2,1-3H3,(H,39,40)/t18-/m1/s1. The molecular formula is C29H29ClN8O4S. The van der Waals surface area contributed by atoms with E-state index in [1.807, 2.05) is 30.9 Å². The molecule has 222 valence electrons. The molecule has 12 nitrogen and oxygen atoms in total. The third-order valence-corrected chi connectivity index (χ3v) is 8.93. The molecule has 0 spiro atoms. The number of hydrogen-bond donors (Lipinski definition) is 3. The number of halogens is 1. The fraction of sp³-hybridized carbons (Fsp3) is 0.276. The lowest BCUT2D eigenvalue weighted by Gasteiger charge is -2.37. The van der Waals surface area contributed by atoms with Crippen LogP contribution in [0.25, 0.3) is 11.0 Å². The van der Waals surface area contributed by atoms with Crippen LogP contribution < -0.4 is 19.8 Å². The molecule has 1 aliphatic rings. The molecule has 0 unspecified atom stereocenters. The van der Waals surface area contributed by atoms with Crippen molar-refractivity contribution < 1.29 is 18.3 Å². The van der Waals surface area contributed by atoms with Crippen LogP contribution in [0.4, 0.5) is 17.2 Å². The monoisotopic (exact) mass is 620 g/mol. The number of pyridine rings is 1. The van der Waals surface area contributed by atoms with Crippen LogP contribution in [0.3, 0.4) is 0 Å². The van der Waals surface area contributed by atoms with Gasteiger partial charge in [-0.15, -0.1) is 0 Å². The Morgan fingerprint density at radius 1 is 1.05 bits per heavy atom. The van der Waals surface area contributed by atoms with E-state index in [-0.39, 0.29) is 27.5 Å². The highest BCUT2D eigenvalue weighted by atomic mass is 35.5. The van der Waals surface area contributed by atoms with Gasteiger partial charge in [0.05, 0.1) is 27.7 Å². The Balaban J connectivity index is 1.43. The number of hydrogen-bond acceptors (Lipinski definition) is 10. The molecule has 14 heteroatoms. The summed E-state index contributed by atoms with van der Waals surface area (Å²) >= 11 is 5.93. The second-order valence-corrected chi connectivity index (χ2v) is 12.4. The molecule has 1 fully saturated rings. The van der Waals surface area contributed by atoms with Gasteiger partial charge in [-0.1, -0.05) is 17.7 Å². The summed E-state index contributed by atoms with van der Waals surface area (Å²) in [7, 11) is -2.14. The van der Waals surface area contributed by atoms with Crippen LogP contribution in [0, 0.1) is 18.3 Å². The number of nitrogens with one attached hydrogen (secondary N) is 2. The maximum Gasteiger partial charge on any atom is 0.356 e. The van der Waals surface area contributed by atoms with Crippen LogP contribution in [0.5, 0.6) is 0 Å². The second kappa shape index (κ2) is 12.0. The van der Waals surface area contributed by atoms with Crippen LogP contribution in [0.15, 0.2) is 53.4 Å². The normalized spacial score (nSPS) is 14.4. The SMILES string of the molecule is CNS(=O)(=O)c1ccc(N2CCN(c3nc4c([C@@H](C)Nc5ccc(Cl)nc5C(=O)O)cc(C)cc4nc3C#N)CC2)cc1. The summed E-state index contributed by atoms with van der Waals surface area (Å²) < 4.78 is 26.4. The Labute approximate surface area is 254 Å². The van der Waals surface area contributed by atoms with Gasteiger partial charge in [0.25, 0.3) is 0 Å². The number of aryl methyl sites for hydroxylation is 1. The summed E-state index contributed by atoms with van der Waals surface area (Å²) in [6.45, 7) is 6.20. The van der Waals surface area contributed by atoms with Crippen LogP contribution in [-0.4, -0.2) is 67.7 Å². The van der Waals surface area contributed by atoms with E-state index in [0.717, 1.165) is 16.8 Å². The third kappa shape index (κ3) is 6.17. The Kier molecular flexibility index (Phi) is 8.36. The number of sulfonamides is 1. The highest BCUT2D eigenvalue weighted by molar-refractivity contribution is 7.89. The first-order valence-electron chi connectivity index (χ1n) is 13.4. The Bertz CT molecular complexity index is 1850. The molecule has 3 N–H and O–H groups in total. The lowest BCUT2D eigenvalue weighted by Crippen LogP contribution is -2.47. The molecule has 43 heavy (non-hydrogen) atoms. The van der Waals surface area contributed by atoms with E-state index in [2.05, 4.69) is 31.0 Å². The Morgan fingerprint density at radius 3 is 2.35 bits per heavy atom. The van der Waals surface area contributed by atoms with Crippen LogP contribution in [0.2, 0.25) is 5.15 Å². The number of aromatic carboxylic acids is 1. The first-order chi connectivity index (χ1) is 20.5. The van der Waals surface area contributed by atoms with E-state index in [0.29, 0.717) is 48.7 Å². The number of carboxylic acids is 1. The van der Waals surface area contributed by atoms with Crippen molar-refractivity contribution in [3.05, 3.63) is 76.2 Å². The van der Waals surface area contributed by atoms with Gasteiger partial charge < -0.3 is 20.2 Å². The minimum atomic E-state index is -3.52. The number of nitriles is 1. The smallest absolute Gasteiger partial charge is 0.356 e. The number of carbonyl (C=O) groups is 1. The van der Waals surface area contributed by atoms with Gasteiger partial charge in [0.1, 0.15) is 11.2 Å². The van der Waals surface area contributed by atoms with Gasteiger partial charge in [-0.3, -0.25) is 0 Å².